The third kappa shape index (κ3) is 3.73. The first-order chi connectivity index (χ1) is 7.65. The first kappa shape index (κ1) is 12.8. The van der Waals surface area contributed by atoms with Gasteiger partial charge in [-0.1, -0.05) is 6.92 Å². The van der Waals surface area contributed by atoms with Crippen LogP contribution in [0, 0.1) is 6.92 Å². The van der Waals surface area contributed by atoms with Gasteiger partial charge in [0.1, 0.15) is 0 Å². The summed E-state index contributed by atoms with van der Waals surface area (Å²) in [5, 5.41) is 8.95. The van der Waals surface area contributed by atoms with Gasteiger partial charge in [0, 0.05) is 11.4 Å². The Labute approximate surface area is 99.0 Å². The standard InChI is InChI=1S/C11H15NO3S/c1-3-16-7-6-15-9-5-4-8(2)12-10(9)11(13)14/h4-5H,3,6-7H2,1-2H3,(H,13,14). The predicted octanol–water partition coefficient (Wildman–Crippen LogP) is 2.22. The van der Waals surface area contributed by atoms with Crippen molar-refractivity contribution in [1.82, 2.24) is 4.98 Å². The fraction of sp³-hybridized carbons (Fsp3) is 0.455. The van der Waals surface area contributed by atoms with E-state index in [2.05, 4.69) is 11.9 Å². The Balaban J connectivity index is 2.67. The van der Waals surface area contributed by atoms with E-state index in [-0.39, 0.29) is 5.69 Å². The first-order valence-electron chi connectivity index (χ1n) is 5.06. The average molecular weight is 241 g/mol. The molecule has 0 aliphatic heterocycles. The molecule has 0 bridgehead atoms. The normalized spacial score (nSPS) is 10.1. The second-order valence-corrected chi connectivity index (χ2v) is 4.54. The van der Waals surface area contributed by atoms with Crippen LogP contribution in [0.3, 0.4) is 0 Å². The molecule has 1 aromatic rings. The van der Waals surface area contributed by atoms with Gasteiger partial charge in [0.05, 0.1) is 6.61 Å². The van der Waals surface area contributed by atoms with Crippen LogP contribution in [0.2, 0.25) is 0 Å². The molecule has 5 heteroatoms. The molecule has 0 fully saturated rings. The summed E-state index contributed by atoms with van der Waals surface area (Å²) < 4.78 is 5.39. The van der Waals surface area contributed by atoms with Crippen molar-refractivity contribution in [3.05, 3.63) is 23.5 Å². The number of carboxylic acid groups (broad SMARTS) is 1. The molecule has 16 heavy (non-hydrogen) atoms. The van der Waals surface area contributed by atoms with Crippen molar-refractivity contribution in [1.29, 1.82) is 0 Å². The SMILES string of the molecule is CCSCCOc1ccc(C)nc1C(=O)O. The molecule has 0 amide bonds. The molecule has 0 aliphatic carbocycles. The van der Waals surface area contributed by atoms with E-state index in [4.69, 9.17) is 9.84 Å². The first-order valence-corrected chi connectivity index (χ1v) is 6.22. The van der Waals surface area contributed by atoms with Crippen LogP contribution in [0.5, 0.6) is 5.75 Å². The van der Waals surface area contributed by atoms with Gasteiger partial charge in [0.25, 0.3) is 0 Å². The predicted molar refractivity (Wildman–Crippen MR) is 64.4 cm³/mol. The molecule has 0 radical (unpaired) electrons. The summed E-state index contributed by atoms with van der Waals surface area (Å²) in [5.74, 6) is 1.17. The van der Waals surface area contributed by atoms with Crippen LogP contribution in [-0.2, 0) is 0 Å². The summed E-state index contributed by atoms with van der Waals surface area (Å²) in [6.07, 6.45) is 0. The monoisotopic (exact) mass is 241 g/mol. The number of carboxylic acids is 1. The largest absolute Gasteiger partial charge is 0.490 e. The minimum Gasteiger partial charge on any atom is -0.490 e. The van der Waals surface area contributed by atoms with Gasteiger partial charge in [-0.15, -0.1) is 0 Å². The van der Waals surface area contributed by atoms with E-state index in [9.17, 15) is 4.79 Å². The van der Waals surface area contributed by atoms with Crippen molar-refractivity contribution >= 4 is 17.7 Å². The number of ether oxygens (including phenoxy) is 1. The van der Waals surface area contributed by atoms with E-state index >= 15 is 0 Å². The molecule has 0 aliphatic rings. The third-order valence-corrected chi connectivity index (χ3v) is 2.75. The van der Waals surface area contributed by atoms with Gasteiger partial charge in [-0.2, -0.15) is 11.8 Å². The molecule has 0 saturated carbocycles. The van der Waals surface area contributed by atoms with E-state index in [1.807, 2.05) is 0 Å². The Morgan fingerprint density at radius 3 is 2.94 bits per heavy atom. The lowest BCUT2D eigenvalue weighted by Crippen LogP contribution is -2.08. The maximum absolute atomic E-state index is 10.9. The Kier molecular flexibility index (Phi) is 5.11. The lowest BCUT2D eigenvalue weighted by Gasteiger charge is -2.08. The number of aromatic carboxylic acids is 1. The number of pyridine rings is 1. The second kappa shape index (κ2) is 6.37. The molecule has 1 rings (SSSR count). The summed E-state index contributed by atoms with van der Waals surface area (Å²) >= 11 is 1.75. The number of rotatable bonds is 6. The molecule has 0 saturated heterocycles. The van der Waals surface area contributed by atoms with Gasteiger partial charge in [-0.3, -0.25) is 0 Å². The zero-order valence-electron chi connectivity index (χ0n) is 9.40. The van der Waals surface area contributed by atoms with E-state index in [1.54, 1.807) is 30.8 Å². The van der Waals surface area contributed by atoms with Crippen LogP contribution < -0.4 is 4.74 Å². The molecule has 1 N–H and O–H groups in total. The molecular weight excluding hydrogens is 226 g/mol. The molecule has 0 unspecified atom stereocenters. The topological polar surface area (TPSA) is 59.4 Å². The summed E-state index contributed by atoms with van der Waals surface area (Å²) in [6.45, 7) is 4.33. The maximum Gasteiger partial charge on any atom is 0.358 e. The van der Waals surface area contributed by atoms with Gasteiger partial charge >= 0.3 is 5.97 Å². The number of thioether (sulfide) groups is 1. The Morgan fingerprint density at radius 2 is 2.31 bits per heavy atom. The number of hydrogen-bond acceptors (Lipinski definition) is 4. The van der Waals surface area contributed by atoms with E-state index in [0.717, 1.165) is 11.5 Å². The van der Waals surface area contributed by atoms with Crippen LogP contribution in [0.15, 0.2) is 12.1 Å². The van der Waals surface area contributed by atoms with Crippen LogP contribution in [0.4, 0.5) is 0 Å². The van der Waals surface area contributed by atoms with E-state index < -0.39 is 5.97 Å². The smallest absolute Gasteiger partial charge is 0.358 e. The second-order valence-electron chi connectivity index (χ2n) is 3.15. The molecule has 0 aromatic carbocycles. The Hall–Kier alpha value is -1.23. The van der Waals surface area contributed by atoms with Gasteiger partial charge in [-0.25, -0.2) is 9.78 Å². The molecule has 88 valence electrons. The van der Waals surface area contributed by atoms with Crippen molar-refractivity contribution in [2.24, 2.45) is 0 Å². The highest BCUT2D eigenvalue weighted by Crippen LogP contribution is 2.17. The summed E-state index contributed by atoms with van der Waals surface area (Å²) in [6, 6.07) is 3.40. The van der Waals surface area contributed by atoms with Crippen LogP contribution in [0.1, 0.15) is 23.1 Å². The van der Waals surface area contributed by atoms with Crippen molar-refractivity contribution in [2.45, 2.75) is 13.8 Å². The minimum absolute atomic E-state index is 0.0125. The maximum atomic E-state index is 10.9. The lowest BCUT2D eigenvalue weighted by molar-refractivity contribution is 0.0685. The zero-order chi connectivity index (χ0) is 12.0. The number of carbonyl (C=O) groups is 1. The molecule has 1 heterocycles. The fourth-order valence-electron chi connectivity index (χ4n) is 1.17. The van der Waals surface area contributed by atoms with Crippen molar-refractivity contribution in [2.75, 3.05) is 18.1 Å². The van der Waals surface area contributed by atoms with Crippen LogP contribution in [-0.4, -0.2) is 34.2 Å². The van der Waals surface area contributed by atoms with Gasteiger partial charge in [0.2, 0.25) is 0 Å². The lowest BCUT2D eigenvalue weighted by atomic mass is 10.3. The van der Waals surface area contributed by atoms with Gasteiger partial charge in [0.15, 0.2) is 11.4 Å². The van der Waals surface area contributed by atoms with Crippen molar-refractivity contribution in [3.8, 4) is 5.75 Å². The van der Waals surface area contributed by atoms with Gasteiger partial charge in [-0.05, 0) is 24.8 Å². The Morgan fingerprint density at radius 1 is 1.56 bits per heavy atom. The average Bonchev–Trinajstić information content (AvgIpc) is 2.26. The van der Waals surface area contributed by atoms with Crippen LogP contribution in [0.25, 0.3) is 0 Å². The van der Waals surface area contributed by atoms with Crippen molar-refractivity contribution in [3.63, 3.8) is 0 Å². The van der Waals surface area contributed by atoms with E-state index in [0.29, 0.717) is 18.1 Å². The zero-order valence-corrected chi connectivity index (χ0v) is 10.2. The summed E-state index contributed by atoms with van der Waals surface area (Å²) in [5.41, 5.74) is 0.661. The van der Waals surface area contributed by atoms with Gasteiger partial charge < -0.3 is 9.84 Å². The van der Waals surface area contributed by atoms with E-state index in [1.165, 1.54) is 0 Å². The highest BCUT2D eigenvalue weighted by molar-refractivity contribution is 7.99. The molecule has 0 spiro atoms. The minimum atomic E-state index is -1.05. The summed E-state index contributed by atoms with van der Waals surface area (Å²) in [7, 11) is 0. The summed E-state index contributed by atoms with van der Waals surface area (Å²) in [4.78, 5) is 14.9. The molecule has 0 atom stereocenters. The van der Waals surface area contributed by atoms with Crippen molar-refractivity contribution < 1.29 is 14.6 Å². The highest BCUT2D eigenvalue weighted by atomic mass is 32.2. The number of aryl methyl sites for hydroxylation is 1. The number of aromatic nitrogens is 1. The van der Waals surface area contributed by atoms with Crippen LogP contribution >= 0.6 is 11.8 Å². The molecule has 1 aromatic heterocycles. The quantitative estimate of drug-likeness (QED) is 0.774. The number of nitrogens with zero attached hydrogens (tertiary/aromatic N) is 1. The fourth-order valence-corrected chi connectivity index (χ4v) is 1.66. The highest BCUT2D eigenvalue weighted by Gasteiger charge is 2.13. The Bertz CT molecular complexity index is 368. The third-order valence-electron chi connectivity index (χ3n) is 1.89. The molecular formula is C11H15NO3S. The number of hydrogen-bond donors (Lipinski definition) is 1. The molecule has 4 nitrogen and oxygen atoms in total.